The number of hydrogen-bond donors (Lipinski definition) is 2. The number of hydrogen-bond acceptors (Lipinski definition) is 3. The summed E-state index contributed by atoms with van der Waals surface area (Å²) in [6, 6.07) is 14.6. The minimum absolute atomic E-state index is 0.493. The van der Waals surface area contributed by atoms with Crippen molar-refractivity contribution < 1.29 is 4.79 Å². The summed E-state index contributed by atoms with van der Waals surface area (Å²) in [6.07, 6.45) is 0.855. The third-order valence-corrected chi connectivity index (χ3v) is 3.16. The second-order valence-corrected chi connectivity index (χ2v) is 4.26. The largest absolute Gasteiger partial charge is 0.761 e. The normalized spacial score (nSPS) is 10.6. The Morgan fingerprint density at radius 1 is 1.05 bits per heavy atom. The monoisotopic (exact) mass is 251 g/mol. The fourth-order valence-electron chi connectivity index (χ4n) is 2.22. The molecule has 1 aromatic heterocycles. The highest BCUT2D eigenvalue weighted by Gasteiger charge is 2.11. The maximum Gasteiger partial charge on any atom is 0.152 e. The Morgan fingerprint density at radius 3 is 2.47 bits per heavy atom. The highest BCUT2D eigenvalue weighted by Crippen LogP contribution is 2.29. The van der Waals surface area contributed by atoms with Crippen LogP contribution >= 0.6 is 0 Å². The Balaban J connectivity index is 2.20. The molecule has 4 heteroatoms. The molecule has 1 heterocycles. The number of aromatic nitrogens is 1. The number of fused-ring (bicyclic) bond motifs is 1. The average Bonchev–Trinajstić information content (AvgIpc) is 2.85. The number of rotatable bonds is 3. The van der Waals surface area contributed by atoms with Gasteiger partial charge >= 0.3 is 0 Å². The predicted molar refractivity (Wildman–Crippen MR) is 76.1 cm³/mol. The number of nitrogens with one attached hydrogen (secondary N) is 2. The first kappa shape index (κ1) is 11.5. The second-order valence-electron chi connectivity index (χ2n) is 4.26. The van der Waals surface area contributed by atoms with Gasteiger partial charge in [-0.25, -0.2) is 0 Å². The van der Waals surface area contributed by atoms with Crippen molar-refractivity contribution in [1.82, 2.24) is 4.98 Å². The van der Waals surface area contributed by atoms with Crippen molar-refractivity contribution in [2.45, 2.75) is 0 Å². The number of aldehydes is 1. The lowest BCUT2D eigenvalue weighted by molar-refractivity contribution is 0.112. The topological polar surface area (TPSA) is 67.9 Å². The van der Waals surface area contributed by atoms with E-state index < -0.39 is 0 Å². The van der Waals surface area contributed by atoms with E-state index in [0.29, 0.717) is 11.3 Å². The molecule has 0 atom stereocenters. The predicted octanol–water partition coefficient (Wildman–Crippen LogP) is 3.56. The highest BCUT2D eigenvalue weighted by molar-refractivity contribution is 6.04. The van der Waals surface area contributed by atoms with Gasteiger partial charge in [0.15, 0.2) is 6.29 Å². The number of H-pyrrole nitrogens is 1. The van der Waals surface area contributed by atoms with Crippen LogP contribution in [0.15, 0.2) is 48.5 Å². The highest BCUT2D eigenvalue weighted by atomic mass is 16.5. The van der Waals surface area contributed by atoms with Gasteiger partial charge in [-0.1, -0.05) is 30.3 Å². The van der Waals surface area contributed by atoms with Crippen molar-refractivity contribution in [3.8, 4) is 11.3 Å². The summed E-state index contributed by atoms with van der Waals surface area (Å²) >= 11 is 0. The van der Waals surface area contributed by atoms with Gasteiger partial charge < -0.3 is 15.7 Å². The van der Waals surface area contributed by atoms with Crippen LogP contribution in [0.3, 0.4) is 0 Å². The van der Waals surface area contributed by atoms with Crippen LogP contribution in [-0.4, -0.2) is 11.3 Å². The Kier molecular flexibility index (Phi) is 2.78. The van der Waals surface area contributed by atoms with Crippen LogP contribution in [-0.2, 0) is 0 Å². The van der Waals surface area contributed by atoms with Gasteiger partial charge in [0.25, 0.3) is 0 Å². The minimum Gasteiger partial charge on any atom is -0.761 e. The van der Waals surface area contributed by atoms with Crippen molar-refractivity contribution >= 4 is 22.9 Å². The van der Waals surface area contributed by atoms with Gasteiger partial charge in [0, 0.05) is 22.2 Å². The van der Waals surface area contributed by atoms with Crippen LogP contribution in [0.4, 0.5) is 5.69 Å². The van der Waals surface area contributed by atoms with Gasteiger partial charge in [0.2, 0.25) is 0 Å². The lowest BCUT2D eigenvalue weighted by Crippen LogP contribution is -1.87. The van der Waals surface area contributed by atoms with Crippen LogP contribution in [0.1, 0.15) is 10.4 Å². The van der Waals surface area contributed by atoms with Gasteiger partial charge in [-0.2, -0.15) is 0 Å². The summed E-state index contributed by atoms with van der Waals surface area (Å²) in [4.78, 5) is 14.6. The van der Waals surface area contributed by atoms with Crippen LogP contribution in [0.2, 0.25) is 0 Å². The van der Waals surface area contributed by atoms with Crippen LogP contribution in [0, 0.1) is 5.21 Å². The molecule has 3 rings (SSSR count). The van der Waals surface area contributed by atoms with Crippen LogP contribution in [0.5, 0.6) is 0 Å². The SMILES string of the molecule is O=Cc1c(-c2ccc(N[O-])cc2)[nH]c2ccccc12. The molecule has 0 saturated carbocycles. The molecule has 94 valence electrons. The molecule has 0 aliphatic carbocycles. The summed E-state index contributed by atoms with van der Waals surface area (Å²) in [5.74, 6) is 0. The van der Waals surface area contributed by atoms with E-state index in [1.165, 1.54) is 0 Å². The van der Waals surface area contributed by atoms with E-state index in [-0.39, 0.29) is 0 Å². The summed E-state index contributed by atoms with van der Waals surface area (Å²) in [6.45, 7) is 0. The number of aromatic amines is 1. The molecule has 0 fully saturated rings. The van der Waals surface area contributed by atoms with E-state index in [4.69, 9.17) is 0 Å². The molecule has 19 heavy (non-hydrogen) atoms. The molecule has 0 saturated heterocycles. The lowest BCUT2D eigenvalue weighted by atomic mass is 10.1. The van der Waals surface area contributed by atoms with Gasteiger partial charge in [-0.3, -0.25) is 4.79 Å². The van der Waals surface area contributed by atoms with E-state index in [2.05, 4.69) is 4.98 Å². The molecule has 0 spiro atoms. The molecular weight excluding hydrogens is 240 g/mol. The molecule has 4 nitrogen and oxygen atoms in total. The number of para-hydroxylation sites is 1. The Hall–Kier alpha value is -2.59. The third kappa shape index (κ3) is 1.88. The number of benzene rings is 2. The first-order valence-electron chi connectivity index (χ1n) is 5.88. The van der Waals surface area contributed by atoms with E-state index in [1.54, 1.807) is 24.3 Å². The van der Waals surface area contributed by atoms with Gasteiger partial charge in [0.1, 0.15) is 0 Å². The molecule has 0 unspecified atom stereocenters. The fourth-order valence-corrected chi connectivity index (χ4v) is 2.22. The Morgan fingerprint density at radius 2 is 1.79 bits per heavy atom. The smallest absolute Gasteiger partial charge is 0.152 e. The average molecular weight is 251 g/mol. The van der Waals surface area contributed by atoms with Crippen molar-refractivity contribution in [3.63, 3.8) is 0 Å². The number of carbonyl (C=O) groups is 1. The third-order valence-electron chi connectivity index (χ3n) is 3.16. The van der Waals surface area contributed by atoms with Crippen molar-refractivity contribution in [1.29, 1.82) is 0 Å². The van der Waals surface area contributed by atoms with Crippen LogP contribution < -0.4 is 5.48 Å². The maximum absolute atomic E-state index is 11.3. The molecule has 0 bridgehead atoms. The molecule has 0 amide bonds. The zero-order chi connectivity index (χ0) is 13.2. The standard InChI is InChI=1S/C15H11N2O2/c18-9-13-12-3-1-2-4-14(12)16-15(13)10-5-7-11(17-19)8-6-10/h1-9,16-17H/q-1. The molecular formula is C15H11N2O2-. The molecule has 0 aliphatic heterocycles. The van der Waals surface area contributed by atoms with Crippen LogP contribution in [0.25, 0.3) is 22.2 Å². The summed E-state index contributed by atoms with van der Waals surface area (Å²) in [5.41, 5.74) is 5.53. The fraction of sp³-hybridized carbons (Fsp3) is 0. The Bertz CT molecular complexity index is 729. The first-order chi connectivity index (χ1) is 9.33. The first-order valence-corrected chi connectivity index (χ1v) is 5.88. The molecule has 3 aromatic rings. The summed E-state index contributed by atoms with van der Waals surface area (Å²) < 4.78 is 0. The summed E-state index contributed by atoms with van der Waals surface area (Å²) in [5, 5.41) is 11.4. The quantitative estimate of drug-likeness (QED) is 0.552. The molecule has 2 N–H and O–H groups in total. The van der Waals surface area contributed by atoms with Gasteiger partial charge in [0.05, 0.1) is 5.69 Å². The second kappa shape index (κ2) is 4.59. The maximum atomic E-state index is 11.3. The number of anilines is 1. The number of carbonyl (C=O) groups excluding carboxylic acids is 1. The molecule has 0 radical (unpaired) electrons. The van der Waals surface area contributed by atoms with Crippen molar-refractivity contribution in [2.24, 2.45) is 0 Å². The molecule has 0 aliphatic rings. The summed E-state index contributed by atoms with van der Waals surface area (Å²) in [7, 11) is 0. The lowest BCUT2D eigenvalue weighted by Gasteiger charge is -2.09. The molecule has 2 aromatic carbocycles. The van der Waals surface area contributed by atoms with E-state index in [1.807, 2.05) is 29.7 Å². The van der Waals surface area contributed by atoms with Crippen molar-refractivity contribution in [2.75, 3.05) is 5.48 Å². The van der Waals surface area contributed by atoms with Gasteiger partial charge in [-0.05, 0) is 23.8 Å². The van der Waals surface area contributed by atoms with E-state index >= 15 is 0 Å². The Labute approximate surface area is 109 Å². The van der Waals surface area contributed by atoms with Gasteiger partial charge in [-0.15, -0.1) is 0 Å². The zero-order valence-electron chi connectivity index (χ0n) is 10.0. The minimum atomic E-state index is 0.493. The van der Waals surface area contributed by atoms with Crippen molar-refractivity contribution in [3.05, 3.63) is 59.3 Å². The zero-order valence-corrected chi connectivity index (χ0v) is 10.0. The van der Waals surface area contributed by atoms with E-state index in [9.17, 15) is 10.0 Å². The van der Waals surface area contributed by atoms with E-state index in [0.717, 1.165) is 28.4 Å².